The summed E-state index contributed by atoms with van der Waals surface area (Å²) in [5.41, 5.74) is 0. The number of rotatable bonds is 5. The second-order valence-electron chi connectivity index (χ2n) is 4.89. The average Bonchev–Trinajstić information content (AvgIpc) is 2.42. The number of carbonyl (C=O) groups excluding carboxylic acids is 2. The lowest BCUT2D eigenvalue weighted by molar-refractivity contribution is -0.124. The first-order valence-corrected chi connectivity index (χ1v) is 6.90. The van der Waals surface area contributed by atoms with Crippen molar-refractivity contribution in [3.63, 3.8) is 0 Å². The van der Waals surface area contributed by atoms with Crippen molar-refractivity contribution in [3.05, 3.63) is 0 Å². The number of urea groups is 1. The molecule has 21 heavy (non-hydrogen) atoms. The van der Waals surface area contributed by atoms with E-state index in [4.69, 9.17) is 0 Å². The molecule has 0 radical (unpaired) electrons. The summed E-state index contributed by atoms with van der Waals surface area (Å²) in [6, 6.07) is -0.720. The van der Waals surface area contributed by atoms with Gasteiger partial charge in [0.15, 0.2) is 0 Å². The maximum Gasteiger partial charge on any atom is 0.405 e. The Morgan fingerprint density at radius 1 is 1.10 bits per heavy atom. The molecule has 3 amide bonds. The molecule has 0 aromatic heterocycles. The molecule has 2 N–H and O–H groups in total. The van der Waals surface area contributed by atoms with Gasteiger partial charge in [-0.05, 0) is 6.42 Å². The van der Waals surface area contributed by atoms with E-state index in [1.807, 2.05) is 17.1 Å². The van der Waals surface area contributed by atoms with E-state index in [1.165, 1.54) is 4.90 Å². The van der Waals surface area contributed by atoms with E-state index in [2.05, 4.69) is 5.32 Å². The highest BCUT2D eigenvalue weighted by Crippen LogP contribution is 2.12. The Kier molecular flexibility index (Phi) is 6.73. The normalized spacial score (nSPS) is 16.7. The van der Waals surface area contributed by atoms with Gasteiger partial charge < -0.3 is 15.5 Å². The first-order chi connectivity index (χ1) is 9.81. The molecule has 0 unspecified atom stereocenters. The van der Waals surface area contributed by atoms with Gasteiger partial charge >= 0.3 is 12.2 Å². The highest BCUT2D eigenvalue weighted by Gasteiger charge is 2.29. The Bertz CT molecular complexity index is 355. The summed E-state index contributed by atoms with van der Waals surface area (Å²) in [5.74, 6) is -0.0770. The second kappa shape index (κ2) is 8.06. The monoisotopic (exact) mass is 310 g/mol. The van der Waals surface area contributed by atoms with Crippen LogP contribution in [0.5, 0.6) is 0 Å². The van der Waals surface area contributed by atoms with E-state index in [1.54, 1.807) is 0 Å². The van der Waals surface area contributed by atoms with Crippen LogP contribution in [0.15, 0.2) is 0 Å². The molecular formula is C12H21F3N4O2. The van der Waals surface area contributed by atoms with Crippen LogP contribution in [0.4, 0.5) is 18.0 Å². The van der Waals surface area contributed by atoms with E-state index in [9.17, 15) is 22.8 Å². The minimum absolute atomic E-state index is 0.0770. The van der Waals surface area contributed by atoms with E-state index < -0.39 is 18.8 Å². The number of nitrogens with one attached hydrogen (secondary N) is 2. The lowest BCUT2D eigenvalue weighted by atomic mass is 10.3. The standard InChI is InChI=1S/C12H21F3N4O2/c1-2-3-16-10(20)8-18-4-6-19(7-5-18)11(21)17-9-12(13,14)15/h2-9H2,1H3,(H,16,20)(H,17,21). The fraction of sp³-hybridized carbons (Fsp3) is 0.833. The SMILES string of the molecule is CCCNC(=O)CN1CCN(C(=O)NCC(F)(F)F)CC1. The Labute approximate surface area is 121 Å². The van der Waals surface area contributed by atoms with Crippen molar-refractivity contribution in [3.8, 4) is 0 Å². The average molecular weight is 310 g/mol. The number of nitrogens with zero attached hydrogens (tertiary/aromatic N) is 2. The van der Waals surface area contributed by atoms with Crippen molar-refractivity contribution in [2.75, 3.05) is 45.8 Å². The fourth-order valence-corrected chi connectivity index (χ4v) is 1.92. The van der Waals surface area contributed by atoms with Crippen LogP contribution in [0.2, 0.25) is 0 Å². The molecule has 0 atom stereocenters. The molecule has 0 aliphatic carbocycles. The molecule has 1 heterocycles. The molecule has 0 aromatic rings. The molecule has 0 saturated carbocycles. The third-order valence-corrected chi connectivity index (χ3v) is 3.04. The predicted molar refractivity (Wildman–Crippen MR) is 70.8 cm³/mol. The smallest absolute Gasteiger partial charge is 0.355 e. The first kappa shape index (κ1) is 17.5. The molecule has 0 bridgehead atoms. The zero-order valence-electron chi connectivity index (χ0n) is 12.0. The number of carbonyl (C=O) groups is 2. The van der Waals surface area contributed by atoms with Gasteiger partial charge in [0.1, 0.15) is 6.54 Å². The van der Waals surface area contributed by atoms with E-state index in [0.717, 1.165) is 6.42 Å². The highest BCUT2D eigenvalue weighted by molar-refractivity contribution is 5.78. The summed E-state index contributed by atoms with van der Waals surface area (Å²) < 4.78 is 36.0. The number of halogens is 3. The lowest BCUT2D eigenvalue weighted by Crippen LogP contribution is -2.54. The predicted octanol–water partition coefficient (Wildman–Crippen LogP) is 0.402. The maximum atomic E-state index is 12.0. The van der Waals surface area contributed by atoms with Gasteiger partial charge in [-0.2, -0.15) is 13.2 Å². The summed E-state index contributed by atoms with van der Waals surface area (Å²) >= 11 is 0. The van der Waals surface area contributed by atoms with Gasteiger partial charge in [0.05, 0.1) is 6.54 Å². The molecule has 1 saturated heterocycles. The van der Waals surface area contributed by atoms with Crippen molar-refractivity contribution in [2.45, 2.75) is 19.5 Å². The molecule has 6 nitrogen and oxygen atoms in total. The van der Waals surface area contributed by atoms with Crippen LogP contribution >= 0.6 is 0 Å². The number of amides is 3. The molecule has 1 fully saturated rings. The number of piperazine rings is 1. The zero-order chi connectivity index (χ0) is 15.9. The van der Waals surface area contributed by atoms with E-state index >= 15 is 0 Å². The van der Waals surface area contributed by atoms with Gasteiger partial charge in [-0.25, -0.2) is 4.79 Å². The minimum Gasteiger partial charge on any atom is -0.355 e. The van der Waals surface area contributed by atoms with Crippen LogP contribution in [-0.4, -0.2) is 73.7 Å². The van der Waals surface area contributed by atoms with Crippen LogP contribution in [0.3, 0.4) is 0 Å². The topological polar surface area (TPSA) is 64.7 Å². The quantitative estimate of drug-likeness (QED) is 0.773. The molecule has 1 aliphatic heterocycles. The van der Waals surface area contributed by atoms with Gasteiger partial charge in [0.25, 0.3) is 0 Å². The first-order valence-electron chi connectivity index (χ1n) is 6.90. The van der Waals surface area contributed by atoms with Crippen molar-refractivity contribution in [1.29, 1.82) is 0 Å². The highest BCUT2D eigenvalue weighted by atomic mass is 19.4. The molecule has 9 heteroatoms. The van der Waals surface area contributed by atoms with Crippen LogP contribution in [0.1, 0.15) is 13.3 Å². The van der Waals surface area contributed by atoms with Gasteiger partial charge in [0, 0.05) is 32.7 Å². The van der Waals surface area contributed by atoms with Gasteiger partial charge in [-0.1, -0.05) is 6.92 Å². The summed E-state index contributed by atoms with van der Waals surface area (Å²) in [4.78, 5) is 26.3. The Hall–Kier alpha value is -1.51. The molecule has 1 aliphatic rings. The Morgan fingerprint density at radius 2 is 1.71 bits per heavy atom. The van der Waals surface area contributed by atoms with Crippen molar-refractivity contribution in [2.24, 2.45) is 0 Å². The van der Waals surface area contributed by atoms with E-state index in [-0.39, 0.29) is 12.5 Å². The third kappa shape index (κ3) is 7.16. The maximum absolute atomic E-state index is 12.0. The number of hydrogen-bond acceptors (Lipinski definition) is 3. The minimum atomic E-state index is -4.41. The lowest BCUT2D eigenvalue weighted by Gasteiger charge is -2.34. The Balaban J connectivity index is 2.25. The summed E-state index contributed by atoms with van der Waals surface area (Å²) in [6.07, 6.45) is -3.55. The summed E-state index contributed by atoms with van der Waals surface area (Å²) in [5, 5.41) is 4.59. The summed E-state index contributed by atoms with van der Waals surface area (Å²) in [7, 11) is 0. The largest absolute Gasteiger partial charge is 0.405 e. The molecule has 0 aromatic carbocycles. The molecule has 122 valence electrons. The second-order valence-corrected chi connectivity index (χ2v) is 4.89. The molecule has 1 rings (SSSR count). The van der Waals surface area contributed by atoms with Gasteiger partial charge in [-0.15, -0.1) is 0 Å². The van der Waals surface area contributed by atoms with Crippen molar-refractivity contribution in [1.82, 2.24) is 20.4 Å². The molecular weight excluding hydrogens is 289 g/mol. The fourth-order valence-electron chi connectivity index (χ4n) is 1.92. The third-order valence-electron chi connectivity index (χ3n) is 3.04. The van der Waals surface area contributed by atoms with E-state index in [0.29, 0.717) is 32.7 Å². The Morgan fingerprint density at radius 3 is 2.24 bits per heavy atom. The van der Waals surface area contributed by atoms with Crippen molar-refractivity contribution >= 4 is 11.9 Å². The molecule has 0 spiro atoms. The number of alkyl halides is 3. The van der Waals surface area contributed by atoms with Gasteiger partial charge in [0.2, 0.25) is 5.91 Å². The zero-order valence-corrected chi connectivity index (χ0v) is 12.0. The van der Waals surface area contributed by atoms with Gasteiger partial charge in [-0.3, -0.25) is 9.69 Å². The van der Waals surface area contributed by atoms with Crippen LogP contribution in [-0.2, 0) is 4.79 Å². The number of hydrogen-bond donors (Lipinski definition) is 2. The van der Waals surface area contributed by atoms with Crippen LogP contribution < -0.4 is 10.6 Å². The van der Waals surface area contributed by atoms with Crippen LogP contribution in [0.25, 0.3) is 0 Å². The van der Waals surface area contributed by atoms with Crippen molar-refractivity contribution < 1.29 is 22.8 Å². The van der Waals surface area contributed by atoms with Crippen LogP contribution in [0, 0.1) is 0 Å². The summed E-state index contributed by atoms with van der Waals surface area (Å²) in [6.45, 7) is 3.06.